The number of hydrogen-bond donors (Lipinski definition) is 2. The van der Waals surface area contributed by atoms with Crippen LogP contribution in [0.15, 0.2) is 24.3 Å². The van der Waals surface area contributed by atoms with E-state index in [-0.39, 0.29) is 13.0 Å². The van der Waals surface area contributed by atoms with Crippen LogP contribution in [0.5, 0.6) is 5.75 Å². The first-order valence-corrected chi connectivity index (χ1v) is 5.71. The molecular weight excluding hydrogens is 250 g/mol. The molecule has 0 heterocycles. The predicted octanol–water partition coefficient (Wildman–Crippen LogP) is 0.453. The Bertz CT molecular complexity index is 446. The molecule has 1 rings (SSSR count). The monoisotopic (exact) mass is 267 g/mol. The van der Waals surface area contributed by atoms with Crippen LogP contribution >= 0.6 is 0 Å². The van der Waals surface area contributed by atoms with Gasteiger partial charge in [-0.2, -0.15) is 0 Å². The van der Waals surface area contributed by atoms with Crippen molar-refractivity contribution in [3.05, 3.63) is 29.8 Å². The van der Waals surface area contributed by atoms with E-state index in [0.717, 1.165) is 5.56 Å². The van der Waals surface area contributed by atoms with Gasteiger partial charge in [-0.25, -0.2) is 4.79 Å². The van der Waals surface area contributed by atoms with E-state index in [2.05, 4.69) is 10.1 Å². The summed E-state index contributed by atoms with van der Waals surface area (Å²) in [5.74, 6) is -0.977. The first kappa shape index (κ1) is 15.0. The summed E-state index contributed by atoms with van der Waals surface area (Å²) < 4.78 is 9.80. The Hall–Kier alpha value is -2.08. The highest BCUT2D eigenvalue weighted by Gasteiger charge is 2.21. The summed E-state index contributed by atoms with van der Waals surface area (Å²) in [7, 11) is 2.88. The maximum absolute atomic E-state index is 11.4. The van der Waals surface area contributed by atoms with Crippen LogP contribution < -0.4 is 10.1 Å². The van der Waals surface area contributed by atoms with Gasteiger partial charge in [0.05, 0.1) is 7.11 Å². The molecule has 0 fully saturated rings. The minimum atomic E-state index is -1.10. The summed E-state index contributed by atoms with van der Waals surface area (Å²) in [6, 6.07) is 6.07. The van der Waals surface area contributed by atoms with Gasteiger partial charge in [0.1, 0.15) is 18.4 Å². The molecule has 1 aromatic carbocycles. The lowest BCUT2D eigenvalue weighted by Gasteiger charge is -2.16. The number of rotatable bonds is 7. The summed E-state index contributed by atoms with van der Waals surface area (Å²) >= 11 is 0. The average molecular weight is 267 g/mol. The van der Waals surface area contributed by atoms with E-state index in [4.69, 9.17) is 9.84 Å². The van der Waals surface area contributed by atoms with Crippen LogP contribution in [0.1, 0.15) is 5.56 Å². The number of carbonyl (C=O) groups is 2. The standard InChI is InChI=1S/C13H17NO5/c1-18-8-12(15)14-10(13(16)17)7-9-5-3-4-6-11(9)19-2/h3-6,10H,7-8H2,1-2H3,(H,14,15)(H,16,17)/t10-/m1/s1. The van der Waals surface area contributed by atoms with Crippen LogP contribution in [0.2, 0.25) is 0 Å². The van der Waals surface area contributed by atoms with Crippen molar-refractivity contribution in [2.24, 2.45) is 0 Å². The zero-order valence-corrected chi connectivity index (χ0v) is 10.9. The van der Waals surface area contributed by atoms with Gasteiger partial charge in [0.2, 0.25) is 5.91 Å². The number of carboxylic acid groups (broad SMARTS) is 1. The molecule has 0 bridgehead atoms. The summed E-state index contributed by atoms with van der Waals surface area (Å²) in [5, 5.41) is 11.5. The Balaban J connectivity index is 2.78. The topological polar surface area (TPSA) is 84.9 Å². The molecule has 0 aliphatic carbocycles. The fourth-order valence-corrected chi connectivity index (χ4v) is 1.66. The third-order valence-corrected chi connectivity index (χ3v) is 2.53. The van der Waals surface area contributed by atoms with Gasteiger partial charge in [0.25, 0.3) is 0 Å². The Kier molecular flexibility index (Phi) is 5.81. The highest BCUT2D eigenvalue weighted by molar-refractivity contribution is 5.84. The third-order valence-electron chi connectivity index (χ3n) is 2.53. The number of nitrogens with one attached hydrogen (secondary N) is 1. The first-order chi connectivity index (χ1) is 9.08. The Morgan fingerprint density at radius 2 is 2.00 bits per heavy atom. The number of aliphatic carboxylic acids is 1. The normalized spacial score (nSPS) is 11.7. The highest BCUT2D eigenvalue weighted by atomic mass is 16.5. The van der Waals surface area contributed by atoms with E-state index < -0.39 is 17.9 Å². The number of para-hydroxylation sites is 1. The largest absolute Gasteiger partial charge is 0.496 e. The number of methoxy groups -OCH3 is 2. The molecule has 6 heteroatoms. The van der Waals surface area contributed by atoms with Crippen LogP contribution in [0, 0.1) is 0 Å². The zero-order valence-electron chi connectivity index (χ0n) is 10.9. The van der Waals surface area contributed by atoms with Crippen molar-refractivity contribution in [2.75, 3.05) is 20.8 Å². The van der Waals surface area contributed by atoms with Crippen LogP contribution in [-0.2, 0) is 20.7 Å². The van der Waals surface area contributed by atoms with Gasteiger partial charge in [0.15, 0.2) is 0 Å². The lowest BCUT2D eigenvalue weighted by atomic mass is 10.0. The molecule has 6 nitrogen and oxygen atoms in total. The van der Waals surface area contributed by atoms with Crippen LogP contribution in [0.3, 0.4) is 0 Å². The molecule has 1 amide bonds. The van der Waals surface area contributed by atoms with Crippen molar-refractivity contribution in [2.45, 2.75) is 12.5 Å². The lowest BCUT2D eigenvalue weighted by Crippen LogP contribution is -2.43. The van der Waals surface area contributed by atoms with Crippen molar-refractivity contribution in [3.8, 4) is 5.75 Å². The third kappa shape index (κ3) is 4.59. The molecule has 1 aromatic rings. The van der Waals surface area contributed by atoms with Gasteiger partial charge in [-0.3, -0.25) is 4.79 Å². The minimum absolute atomic E-state index is 0.148. The van der Waals surface area contributed by atoms with Crippen molar-refractivity contribution in [3.63, 3.8) is 0 Å². The molecule has 0 aliphatic heterocycles. The molecule has 0 unspecified atom stereocenters. The van der Waals surface area contributed by atoms with Crippen LogP contribution in [0.4, 0.5) is 0 Å². The fraction of sp³-hybridized carbons (Fsp3) is 0.385. The van der Waals surface area contributed by atoms with Gasteiger partial charge in [-0.05, 0) is 11.6 Å². The van der Waals surface area contributed by atoms with Crippen LogP contribution in [-0.4, -0.2) is 43.9 Å². The number of ether oxygens (including phenoxy) is 2. The number of carboxylic acids is 1. The van der Waals surface area contributed by atoms with Crippen molar-refractivity contribution in [1.82, 2.24) is 5.32 Å². The summed E-state index contributed by atoms with van der Waals surface area (Å²) in [6.45, 7) is -0.171. The smallest absolute Gasteiger partial charge is 0.326 e. The van der Waals surface area contributed by atoms with E-state index >= 15 is 0 Å². The predicted molar refractivity (Wildman–Crippen MR) is 68.1 cm³/mol. The van der Waals surface area contributed by atoms with Crippen molar-refractivity contribution < 1.29 is 24.2 Å². The summed E-state index contributed by atoms with van der Waals surface area (Å²) in [5.41, 5.74) is 0.718. The SMILES string of the molecule is COCC(=O)N[C@H](Cc1ccccc1OC)C(=O)O. The molecule has 0 aliphatic rings. The second-order valence-corrected chi connectivity index (χ2v) is 3.91. The van der Waals surface area contributed by atoms with Gasteiger partial charge >= 0.3 is 5.97 Å². The molecule has 0 aromatic heterocycles. The second kappa shape index (κ2) is 7.38. The number of hydrogen-bond acceptors (Lipinski definition) is 4. The number of benzene rings is 1. The molecule has 0 spiro atoms. The Morgan fingerprint density at radius 1 is 1.32 bits per heavy atom. The molecule has 2 N–H and O–H groups in total. The van der Waals surface area contributed by atoms with Gasteiger partial charge in [-0.1, -0.05) is 18.2 Å². The molecule has 0 saturated heterocycles. The average Bonchev–Trinajstić information content (AvgIpc) is 2.38. The molecular formula is C13H17NO5. The molecule has 0 radical (unpaired) electrons. The Morgan fingerprint density at radius 3 is 2.58 bits per heavy atom. The van der Waals surface area contributed by atoms with Gasteiger partial charge < -0.3 is 19.9 Å². The van der Waals surface area contributed by atoms with E-state index in [0.29, 0.717) is 5.75 Å². The maximum atomic E-state index is 11.4. The Labute approximate surface area is 111 Å². The van der Waals surface area contributed by atoms with Crippen molar-refractivity contribution in [1.29, 1.82) is 0 Å². The number of carbonyl (C=O) groups excluding carboxylic acids is 1. The molecule has 0 saturated carbocycles. The zero-order chi connectivity index (χ0) is 14.3. The maximum Gasteiger partial charge on any atom is 0.326 e. The minimum Gasteiger partial charge on any atom is -0.496 e. The second-order valence-electron chi connectivity index (χ2n) is 3.91. The molecule has 19 heavy (non-hydrogen) atoms. The molecule has 104 valence electrons. The van der Waals surface area contributed by atoms with Gasteiger partial charge in [0, 0.05) is 13.5 Å². The number of amides is 1. The van der Waals surface area contributed by atoms with E-state index in [9.17, 15) is 9.59 Å². The highest BCUT2D eigenvalue weighted by Crippen LogP contribution is 2.18. The summed E-state index contributed by atoms with van der Waals surface area (Å²) in [4.78, 5) is 22.5. The fourth-order valence-electron chi connectivity index (χ4n) is 1.66. The lowest BCUT2D eigenvalue weighted by molar-refractivity contribution is -0.142. The van der Waals surface area contributed by atoms with Gasteiger partial charge in [-0.15, -0.1) is 0 Å². The van der Waals surface area contributed by atoms with E-state index in [1.165, 1.54) is 14.2 Å². The quantitative estimate of drug-likeness (QED) is 0.749. The molecule has 1 atom stereocenters. The van der Waals surface area contributed by atoms with Crippen molar-refractivity contribution >= 4 is 11.9 Å². The summed E-state index contributed by atoms with van der Waals surface area (Å²) in [6.07, 6.45) is 0.148. The van der Waals surface area contributed by atoms with E-state index in [1.807, 2.05) is 0 Å². The van der Waals surface area contributed by atoms with E-state index in [1.54, 1.807) is 24.3 Å². The first-order valence-electron chi connectivity index (χ1n) is 5.71. The van der Waals surface area contributed by atoms with Crippen LogP contribution in [0.25, 0.3) is 0 Å².